The molecule has 0 aliphatic carbocycles. The molecule has 4 aromatic rings. The van der Waals surface area contributed by atoms with E-state index in [1.807, 2.05) is 24.3 Å². The molecule has 4 bridgehead atoms. The van der Waals surface area contributed by atoms with E-state index in [-0.39, 0.29) is 37.3 Å². The number of carbonyl (C=O) groups is 3. The number of amides is 3. The van der Waals surface area contributed by atoms with Crippen LogP contribution >= 0.6 is 11.6 Å². The highest BCUT2D eigenvalue weighted by Crippen LogP contribution is 2.30. The third-order valence-corrected chi connectivity index (χ3v) is 8.48. The number of aryl methyl sites for hydroxylation is 1. The van der Waals surface area contributed by atoms with Crippen molar-refractivity contribution in [2.45, 2.75) is 38.0 Å². The van der Waals surface area contributed by atoms with Gasteiger partial charge in [-0.1, -0.05) is 17.7 Å². The van der Waals surface area contributed by atoms with E-state index in [0.29, 0.717) is 59.6 Å². The molecule has 4 heterocycles. The van der Waals surface area contributed by atoms with Crippen molar-refractivity contribution >= 4 is 40.2 Å². The molecule has 1 aromatic heterocycles. The largest absolute Gasteiger partial charge is 0.496 e. The molecule has 3 aromatic carbocycles. The first-order valence-electron chi connectivity index (χ1n) is 15.1. The number of H-pyrrole nitrogens is 1. The number of halogens is 1. The highest BCUT2D eigenvalue weighted by Gasteiger charge is 2.35. The minimum absolute atomic E-state index is 0.113. The number of aromatic nitrogens is 1. The first-order chi connectivity index (χ1) is 22.3. The number of aromatic amines is 1. The van der Waals surface area contributed by atoms with E-state index in [1.54, 1.807) is 48.4 Å². The van der Waals surface area contributed by atoms with Gasteiger partial charge in [0.2, 0.25) is 5.91 Å². The molecule has 0 radical (unpaired) electrons. The van der Waals surface area contributed by atoms with Gasteiger partial charge < -0.3 is 39.5 Å². The fourth-order valence-electron chi connectivity index (χ4n) is 5.82. The zero-order valence-corrected chi connectivity index (χ0v) is 26.3. The van der Waals surface area contributed by atoms with E-state index in [0.717, 1.165) is 22.0 Å². The summed E-state index contributed by atoms with van der Waals surface area (Å²) in [4.78, 5) is 44.5. The maximum absolute atomic E-state index is 13.6. The summed E-state index contributed by atoms with van der Waals surface area (Å²) in [6, 6.07) is 17.4. The van der Waals surface area contributed by atoms with Crippen molar-refractivity contribution < 1.29 is 33.3 Å². The Labute approximate surface area is 271 Å². The third kappa shape index (κ3) is 6.99. The van der Waals surface area contributed by atoms with Gasteiger partial charge >= 0.3 is 0 Å². The quantitative estimate of drug-likeness (QED) is 0.303. The number of ether oxygens (including phenoxy) is 4. The average Bonchev–Trinajstić information content (AvgIpc) is 3.49. The first kappa shape index (κ1) is 31.1. The van der Waals surface area contributed by atoms with Crippen molar-refractivity contribution in [2.24, 2.45) is 0 Å². The summed E-state index contributed by atoms with van der Waals surface area (Å²) in [5.74, 6) is 1.28. The van der Waals surface area contributed by atoms with Crippen LogP contribution in [0.1, 0.15) is 34.5 Å². The van der Waals surface area contributed by atoms with Crippen molar-refractivity contribution in [3.05, 3.63) is 82.5 Å². The molecular formula is C34H35ClN4O7. The van der Waals surface area contributed by atoms with Crippen LogP contribution in [0.4, 0.5) is 0 Å². The Bertz CT molecular complexity index is 1770. The molecule has 0 unspecified atom stereocenters. The highest BCUT2D eigenvalue weighted by molar-refractivity contribution is 6.31. The Hall–Kier alpha value is -4.90. The lowest BCUT2D eigenvalue weighted by atomic mass is 10.0. The molecule has 12 heteroatoms. The van der Waals surface area contributed by atoms with Gasteiger partial charge in [0.25, 0.3) is 11.8 Å². The third-order valence-electron chi connectivity index (χ3n) is 8.25. The number of rotatable bonds is 3. The molecule has 3 aliphatic rings. The maximum Gasteiger partial charge on any atom is 0.270 e. The average molecular weight is 647 g/mol. The molecule has 2 atom stereocenters. The van der Waals surface area contributed by atoms with Gasteiger partial charge in [0, 0.05) is 60.0 Å². The number of piperidine rings is 1. The molecular weight excluding hydrogens is 612 g/mol. The zero-order valence-electron chi connectivity index (χ0n) is 25.6. The lowest BCUT2D eigenvalue weighted by Gasteiger charge is -2.38. The van der Waals surface area contributed by atoms with Crippen LogP contribution in [0.25, 0.3) is 10.9 Å². The summed E-state index contributed by atoms with van der Waals surface area (Å²) >= 11 is 6.15. The molecule has 1 fully saturated rings. The minimum Gasteiger partial charge on any atom is -0.496 e. The summed E-state index contributed by atoms with van der Waals surface area (Å²) in [5.41, 5.74) is 2.90. The van der Waals surface area contributed by atoms with E-state index >= 15 is 0 Å². The van der Waals surface area contributed by atoms with Crippen LogP contribution < -0.4 is 29.6 Å². The van der Waals surface area contributed by atoms with E-state index < -0.39 is 12.1 Å². The fourth-order valence-corrected chi connectivity index (χ4v) is 6.00. The molecule has 3 N–H and O–H groups in total. The van der Waals surface area contributed by atoms with Crippen LogP contribution in [0.5, 0.6) is 23.0 Å². The summed E-state index contributed by atoms with van der Waals surface area (Å²) in [5, 5.41) is 7.41. The normalized spacial score (nSPS) is 19.0. The van der Waals surface area contributed by atoms with Crippen molar-refractivity contribution in [1.82, 2.24) is 20.5 Å². The highest BCUT2D eigenvalue weighted by atomic mass is 35.5. The predicted molar refractivity (Wildman–Crippen MR) is 172 cm³/mol. The van der Waals surface area contributed by atoms with Gasteiger partial charge in [-0.15, -0.1) is 0 Å². The Morgan fingerprint density at radius 1 is 0.957 bits per heavy atom. The first-order valence-corrected chi connectivity index (χ1v) is 15.4. The number of methoxy groups -OCH3 is 2. The van der Waals surface area contributed by atoms with Crippen LogP contribution in [0, 0.1) is 0 Å². The summed E-state index contributed by atoms with van der Waals surface area (Å²) in [7, 11) is 3.08. The van der Waals surface area contributed by atoms with Crippen molar-refractivity contribution in [3.63, 3.8) is 0 Å². The Morgan fingerprint density at radius 2 is 1.80 bits per heavy atom. The molecule has 3 amide bonds. The van der Waals surface area contributed by atoms with Gasteiger partial charge in [-0.05, 0) is 60.5 Å². The van der Waals surface area contributed by atoms with Gasteiger partial charge in [-0.25, -0.2) is 0 Å². The van der Waals surface area contributed by atoms with Crippen molar-refractivity contribution in [3.8, 4) is 23.0 Å². The van der Waals surface area contributed by atoms with Crippen LogP contribution in [-0.2, 0) is 22.6 Å². The number of fused-ring (bicyclic) bond motifs is 10. The lowest BCUT2D eigenvalue weighted by Crippen LogP contribution is -2.58. The van der Waals surface area contributed by atoms with Gasteiger partial charge in [-0.2, -0.15) is 0 Å². The Balaban J connectivity index is 1.27. The monoisotopic (exact) mass is 646 g/mol. The van der Waals surface area contributed by atoms with E-state index in [4.69, 9.17) is 30.5 Å². The minimum atomic E-state index is -0.548. The van der Waals surface area contributed by atoms with Gasteiger partial charge in [0.1, 0.15) is 23.3 Å². The number of benzene rings is 3. The Kier molecular flexibility index (Phi) is 9.20. The van der Waals surface area contributed by atoms with Crippen LogP contribution in [0.3, 0.4) is 0 Å². The molecule has 0 saturated carbocycles. The van der Waals surface area contributed by atoms with Crippen LogP contribution in [0.15, 0.2) is 60.7 Å². The smallest absolute Gasteiger partial charge is 0.270 e. The van der Waals surface area contributed by atoms with Gasteiger partial charge in [0.05, 0.1) is 20.3 Å². The second-order valence-electron chi connectivity index (χ2n) is 11.3. The van der Waals surface area contributed by atoms with Gasteiger partial charge in [0.15, 0.2) is 18.1 Å². The summed E-state index contributed by atoms with van der Waals surface area (Å²) < 4.78 is 23.4. The number of hydrogen-bond donors (Lipinski definition) is 3. The molecule has 240 valence electrons. The Morgan fingerprint density at radius 3 is 2.63 bits per heavy atom. The maximum atomic E-state index is 13.6. The number of carbonyl (C=O) groups excluding carboxylic acids is 3. The fraction of sp³-hybridized carbons (Fsp3) is 0.324. The standard InChI is InChI=1S/C34H35ClN4O7/c1-43-29-9-3-20-4-10-32(40)36-17-21-5-7-24(16-30(21)44-2)46-28-11-12-39(18-27(28)38-33(41)19-45-31(29)13-20)34(42)26-15-22-14-23(35)6-8-25(22)37-26/h3,5-9,13-16,27-28,37H,4,10-12,17-19H2,1-2H3,(H,36,40)(H,38,41)/t27-,28+/m1/s1. The van der Waals surface area contributed by atoms with Crippen molar-refractivity contribution in [2.75, 3.05) is 33.9 Å². The number of nitrogens with one attached hydrogen (secondary N) is 3. The lowest BCUT2D eigenvalue weighted by molar-refractivity contribution is -0.125. The zero-order chi connectivity index (χ0) is 32.2. The molecule has 0 spiro atoms. The van der Waals surface area contributed by atoms with Crippen LogP contribution in [0.2, 0.25) is 5.02 Å². The number of likely N-dealkylation sites (tertiary alicyclic amines) is 1. The second kappa shape index (κ2) is 13.6. The van der Waals surface area contributed by atoms with E-state index in [2.05, 4.69) is 15.6 Å². The van der Waals surface area contributed by atoms with Crippen LogP contribution in [-0.4, -0.2) is 73.7 Å². The predicted octanol–water partition coefficient (Wildman–Crippen LogP) is 4.26. The second-order valence-corrected chi connectivity index (χ2v) is 11.7. The number of hydrogen-bond acceptors (Lipinski definition) is 7. The SMILES string of the molecule is COc1cc2ccc1CNC(=O)CCc1ccc(OC)c(c1)OCC(=O)N[C@@H]1CN(C(=O)c3cc4cc(Cl)ccc4[nH]3)CC[C@@H]1O2. The molecule has 11 nitrogen and oxygen atoms in total. The van der Waals surface area contributed by atoms with E-state index in [9.17, 15) is 14.4 Å². The molecule has 3 aliphatic heterocycles. The van der Waals surface area contributed by atoms with Crippen molar-refractivity contribution in [1.29, 1.82) is 0 Å². The molecule has 46 heavy (non-hydrogen) atoms. The van der Waals surface area contributed by atoms with E-state index in [1.165, 1.54) is 7.11 Å². The molecule has 7 rings (SSSR count). The molecule has 1 saturated heterocycles. The van der Waals surface area contributed by atoms with Gasteiger partial charge in [-0.3, -0.25) is 14.4 Å². The summed E-state index contributed by atoms with van der Waals surface area (Å²) in [6.45, 7) is 0.625. The topological polar surface area (TPSA) is 131 Å². The number of nitrogens with zero attached hydrogens (tertiary/aromatic N) is 1. The summed E-state index contributed by atoms with van der Waals surface area (Å²) in [6.07, 6.45) is 0.740.